The number of Topliss-reactive ketones (excluding diaryl/α,β-unsaturated/α-hetero) is 1. The number of fused-ring (bicyclic) bond motifs is 2. The summed E-state index contributed by atoms with van der Waals surface area (Å²) in [4.78, 5) is 26.5. The summed E-state index contributed by atoms with van der Waals surface area (Å²) in [6.07, 6.45) is -9.26. The van der Waals surface area contributed by atoms with E-state index in [0.717, 1.165) is 18.2 Å². The summed E-state index contributed by atoms with van der Waals surface area (Å²) in [7, 11) is 0. The molecule has 6 unspecified atom stereocenters. The molecule has 1 aromatic heterocycles. The molecule has 1 fully saturated rings. The van der Waals surface area contributed by atoms with Crippen molar-refractivity contribution < 1.29 is 69.4 Å². The van der Waals surface area contributed by atoms with E-state index in [1.807, 2.05) is 0 Å². The fourth-order valence-electron chi connectivity index (χ4n) is 6.25. The van der Waals surface area contributed by atoms with Gasteiger partial charge in [-0.05, 0) is 42.0 Å². The summed E-state index contributed by atoms with van der Waals surface area (Å²) >= 11 is 0. The van der Waals surface area contributed by atoms with Crippen LogP contribution in [-0.2, 0) is 4.74 Å². The molecule has 0 bridgehead atoms. The van der Waals surface area contributed by atoms with Crippen LogP contribution in [0.5, 0.6) is 40.2 Å². The number of aliphatic hydroxyl groups is 4. The number of benzene rings is 4. The monoisotopic (exact) mass is 702 g/mol. The van der Waals surface area contributed by atoms with Gasteiger partial charge in [-0.2, -0.15) is 0 Å². The zero-order valence-corrected chi connectivity index (χ0v) is 26.2. The molecule has 0 radical (unpaired) electrons. The second-order valence-electron chi connectivity index (χ2n) is 12.2. The largest absolute Gasteiger partial charge is 0.508 e. The molecule has 6 atom stereocenters. The summed E-state index contributed by atoms with van der Waals surface area (Å²) in [5, 5.41) is 92.9. The topological polar surface area (TPSA) is 257 Å². The molecule has 0 aliphatic carbocycles. The lowest BCUT2D eigenvalue weighted by molar-refractivity contribution is -0.277. The maximum absolute atomic E-state index is 13.3. The van der Waals surface area contributed by atoms with Crippen molar-refractivity contribution in [2.45, 2.75) is 43.2 Å². The lowest BCUT2D eigenvalue weighted by atomic mass is 9.92. The maximum atomic E-state index is 13.3. The smallest absolute Gasteiger partial charge is 0.229 e. The van der Waals surface area contributed by atoms with Crippen molar-refractivity contribution in [2.75, 3.05) is 6.61 Å². The molecule has 264 valence electrons. The van der Waals surface area contributed by atoms with Crippen molar-refractivity contribution in [1.29, 1.82) is 0 Å². The van der Waals surface area contributed by atoms with E-state index in [0.29, 0.717) is 11.1 Å². The minimum absolute atomic E-state index is 0.0293. The van der Waals surface area contributed by atoms with E-state index in [-0.39, 0.29) is 62.8 Å². The van der Waals surface area contributed by atoms with E-state index >= 15 is 0 Å². The fraction of sp³-hybridized carbons (Fsp3) is 0.222. The van der Waals surface area contributed by atoms with Crippen LogP contribution >= 0.6 is 0 Å². The number of aliphatic hydroxyl groups excluding tert-OH is 4. The second kappa shape index (κ2) is 12.8. The van der Waals surface area contributed by atoms with Crippen LogP contribution in [0.1, 0.15) is 28.4 Å². The van der Waals surface area contributed by atoms with Crippen molar-refractivity contribution in [1.82, 2.24) is 0 Å². The van der Waals surface area contributed by atoms with Crippen LogP contribution in [0.3, 0.4) is 0 Å². The number of ether oxygens (including phenoxy) is 3. The van der Waals surface area contributed by atoms with Crippen LogP contribution in [0, 0.1) is 0 Å². The summed E-state index contributed by atoms with van der Waals surface area (Å²) in [5.41, 5.74) is -0.601. The molecule has 0 amide bonds. The Balaban J connectivity index is 1.26. The van der Waals surface area contributed by atoms with Gasteiger partial charge >= 0.3 is 0 Å². The molecular formula is C36H30O15. The molecule has 2 aliphatic rings. The molecule has 5 aromatic rings. The van der Waals surface area contributed by atoms with Gasteiger partial charge in [0, 0.05) is 35.4 Å². The van der Waals surface area contributed by atoms with E-state index in [2.05, 4.69) is 0 Å². The molecule has 0 saturated carbocycles. The van der Waals surface area contributed by atoms with Crippen LogP contribution in [0.25, 0.3) is 33.4 Å². The predicted octanol–water partition coefficient (Wildman–Crippen LogP) is 2.54. The first-order valence-electron chi connectivity index (χ1n) is 15.5. The number of phenols is 5. The maximum Gasteiger partial charge on any atom is 0.229 e. The molecule has 7 rings (SSSR count). The second-order valence-corrected chi connectivity index (χ2v) is 12.2. The Kier molecular flexibility index (Phi) is 8.45. The Morgan fingerprint density at radius 1 is 0.745 bits per heavy atom. The average molecular weight is 703 g/mol. The number of carbonyl (C=O) groups is 1. The highest BCUT2D eigenvalue weighted by atomic mass is 16.7. The normalized spacial score (nSPS) is 23.1. The molecule has 9 N–H and O–H groups in total. The Morgan fingerprint density at radius 3 is 2.20 bits per heavy atom. The van der Waals surface area contributed by atoms with Crippen molar-refractivity contribution in [3.05, 3.63) is 88.1 Å². The van der Waals surface area contributed by atoms with Crippen molar-refractivity contribution in [3.8, 4) is 62.7 Å². The molecule has 1 saturated heterocycles. The third-order valence-electron chi connectivity index (χ3n) is 8.85. The number of hydrogen-bond acceptors (Lipinski definition) is 15. The quantitative estimate of drug-likeness (QED) is 0.123. The average Bonchev–Trinajstić information content (AvgIpc) is 3.08. The van der Waals surface area contributed by atoms with Crippen LogP contribution in [-0.4, -0.2) is 89.1 Å². The highest BCUT2D eigenvalue weighted by molar-refractivity contribution is 6.03. The first-order valence-corrected chi connectivity index (χ1v) is 15.5. The standard InChI is InChI=1S/C36H30O15/c37-13-28-32(45)33(46)34(47)36(51-28)48-17-8-20(40)30-23(43)11-26(49-27(30)9-17)15-3-6-19(39)18(7-15)29-21(41)10-22(42)31-24(44)12-25(50-35(29)31)14-1-4-16(38)5-2-14/h1-10,12,26,28,32-34,36-42,45-47H,11,13H2. The van der Waals surface area contributed by atoms with Gasteiger partial charge < -0.3 is 64.6 Å². The molecular weight excluding hydrogens is 672 g/mol. The number of aromatic hydroxyl groups is 5. The lowest BCUT2D eigenvalue weighted by Gasteiger charge is -2.39. The molecule has 0 spiro atoms. The van der Waals surface area contributed by atoms with Gasteiger partial charge in [0.1, 0.15) is 87.5 Å². The number of rotatable bonds is 6. The number of ketones is 1. The van der Waals surface area contributed by atoms with E-state index < -0.39 is 71.9 Å². The van der Waals surface area contributed by atoms with Crippen LogP contribution < -0.4 is 14.9 Å². The summed E-state index contributed by atoms with van der Waals surface area (Å²) in [6, 6.07) is 14.2. The molecule has 2 aliphatic heterocycles. The van der Waals surface area contributed by atoms with E-state index in [9.17, 15) is 55.5 Å². The van der Waals surface area contributed by atoms with Gasteiger partial charge in [0.25, 0.3) is 0 Å². The Hall–Kier alpha value is -5.84. The number of phenolic OH excluding ortho intramolecular Hbond substituents is 5. The first kappa shape index (κ1) is 33.6. The molecule has 15 nitrogen and oxygen atoms in total. The van der Waals surface area contributed by atoms with E-state index in [4.69, 9.17) is 18.6 Å². The Labute approximate surface area is 286 Å². The molecule has 3 heterocycles. The molecule has 15 heteroatoms. The molecule has 51 heavy (non-hydrogen) atoms. The van der Waals surface area contributed by atoms with Gasteiger partial charge in [-0.1, -0.05) is 6.07 Å². The first-order chi connectivity index (χ1) is 24.3. The van der Waals surface area contributed by atoms with Gasteiger partial charge in [0.2, 0.25) is 6.29 Å². The zero-order chi connectivity index (χ0) is 36.3. The predicted molar refractivity (Wildman–Crippen MR) is 175 cm³/mol. The van der Waals surface area contributed by atoms with Gasteiger partial charge in [-0.15, -0.1) is 0 Å². The summed E-state index contributed by atoms with van der Waals surface area (Å²) < 4.78 is 23.1. The fourth-order valence-corrected chi connectivity index (χ4v) is 6.25. The highest BCUT2D eigenvalue weighted by Crippen LogP contribution is 2.47. The Morgan fingerprint density at radius 2 is 1.47 bits per heavy atom. The van der Waals surface area contributed by atoms with Crippen molar-refractivity contribution in [3.63, 3.8) is 0 Å². The van der Waals surface area contributed by atoms with Gasteiger partial charge in [-0.3, -0.25) is 9.59 Å². The minimum Gasteiger partial charge on any atom is -0.508 e. The number of hydrogen-bond donors (Lipinski definition) is 9. The van der Waals surface area contributed by atoms with Crippen molar-refractivity contribution in [2.24, 2.45) is 0 Å². The van der Waals surface area contributed by atoms with Gasteiger partial charge in [-0.25, -0.2) is 0 Å². The summed E-state index contributed by atoms with van der Waals surface area (Å²) in [6.45, 7) is -0.697. The SMILES string of the molecule is O=C1CC(c2ccc(O)c(-c3c(O)cc(O)c4c(=O)cc(-c5ccc(O)cc5)oc34)c2)Oc2cc(OC3OC(CO)C(O)C(O)C3O)cc(O)c21. The Bertz CT molecular complexity index is 2230. The van der Waals surface area contributed by atoms with Crippen LogP contribution in [0.15, 0.2) is 75.9 Å². The van der Waals surface area contributed by atoms with Crippen molar-refractivity contribution >= 4 is 16.8 Å². The van der Waals surface area contributed by atoms with Crippen LogP contribution in [0.2, 0.25) is 0 Å². The minimum atomic E-state index is -1.75. The van der Waals surface area contributed by atoms with E-state index in [1.165, 1.54) is 48.5 Å². The third kappa shape index (κ3) is 5.92. The lowest BCUT2D eigenvalue weighted by Crippen LogP contribution is -2.60. The summed E-state index contributed by atoms with van der Waals surface area (Å²) in [5.74, 6) is -2.83. The van der Waals surface area contributed by atoms with Gasteiger partial charge in [0.05, 0.1) is 18.6 Å². The number of carbonyl (C=O) groups excluding carboxylic acids is 1. The third-order valence-corrected chi connectivity index (χ3v) is 8.85. The zero-order valence-electron chi connectivity index (χ0n) is 26.2. The highest BCUT2D eigenvalue weighted by Gasteiger charge is 2.45. The van der Waals surface area contributed by atoms with Crippen LogP contribution in [0.4, 0.5) is 0 Å². The molecule has 4 aromatic carbocycles. The van der Waals surface area contributed by atoms with E-state index in [1.54, 1.807) is 0 Å². The van der Waals surface area contributed by atoms with Gasteiger partial charge in [0.15, 0.2) is 16.8 Å².